The van der Waals surface area contributed by atoms with E-state index in [4.69, 9.17) is 0 Å². The van der Waals surface area contributed by atoms with E-state index < -0.39 is 0 Å². The zero-order chi connectivity index (χ0) is 13.0. The highest BCUT2D eigenvalue weighted by Gasteiger charge is 2.26. The lowest BCUT2D eigenvalue weighted by atomic mass is 9.79. The van der Waals surface area contributed by atoms with Gasteiger partial charge in [0, 0.05) is 6.21 Å². The fourth-order valence-corrected chi connectivity index (χ4v) is 2.56. The smallest absolute Gasteiger partial charge is 0.164 e. The van der Waals surface area contributed by atoms with Gasteiger partial charge in [0.25, 0.3) is 0 Å². The van der Waals surface area contributed by atoms with Gasteiger partial charge >= 0.3 is 0 Å². The van der Waals surface area contributed by atoms with Crippen LogP contribution in [0, 0.1) is 11.8 Å². The van der Waals surface area contributed by atoms with Crippen molar-refractivity contribution in [1.82, 2.24) is 0 Å². The topological polar surface area (TPSA) is 49.7 Å². The monoisotopic (exact) mass is 237 g/mol. The molecular weight excluding hydrogens is 214 g/mol. The predicted molar refractivity (Wildman–Crippen MR) is 70.5 cm³/mol. The summed E-state index contributed by atoms with van der Waals surface area (Å²) in [5.41, 5.74) is 0.329. The number of ketones is 1. The SMILES string of the molecule is CC(=O)/C(C=NC1C(C)CCCC1C)=C(\C)O. The van der Waals surface area contributed by atoms with Crippen LogP contribution in [0.1, 0.15) is 47.0 Å². The molecule has 1 saturated carbocycles. The third-order valence-electron chi connectivity index (χ3n) is 3.63. The van der Waals surface area contributed by atoms with Crippen LogP contribution in [-0.2, 0) is 4.79 Å². The van der Waals surface area contributed by atoms with Crippen molar-refractivity contribution in [3.63, 3.8) is 0 Å². The van der Waals surface area contributed by atoms with Gasteiger partial charge in [0.1, 0.15) is 5.76 Å². The zero-order valence-electron chi connectivity index (χ0n) is 11.2. The Hall–Kier alpha value is -1.12. The molecule has 1 N–H and O–H groups in total. The number of aliphatic hydroxyl groups is 1. The van der Waals surface area contributed by atoms with Crippen LogP contribution in [-0.4, -0.2) is 23.1 Å². The van der Waals surface area contributed by atoms with E-state index in [1.807, 2.05) is 0 Å². The van der Waals surface area contributed by atoms with E-state index in [1.165, 1.54) is 33.1 Å². The van der Waals surface area contributed by atoms with Crippen LogP contribution < -0.4 is 0 Å². The first-order valence-electron chi connectivity index (χ1n) is 6.37. The van der Waals surface area contributed by atoms with Crippen LogP contribution in [0.5, 0.6) is 0 Å². The minimum Gasteiger partial charge on any atom is -0.512 e. The van der Waals surface area contributed by atoms with Gasteiger partial charge in [-0.3, -0.25) is 9.79 Å². The molecule has 3 nitrogen and oxygen atoms in total. The lowest BCUT2D eigenvalue weighted by Gasteiger charge is -2.31. The molecule has 0 radical (unpaired) electrons. The summed E-state index contributed by atoms with van der Waals surface area (Å²) in [5, 5.41) is 9.41. The second kappa shape index (κ2) is 5.99. The third kappa shape index (κ3) is 3.69. The van der Waals surface area contributed by atoms with Gasteiger partial charge in [-0.1, -0.05) is 20.3 Å². The second-order valence-corrected chi connectivity index (χ2v) is 5.21. The molecule has 1 fully saturated rings. The van der Waals surface area contributed by atoms with Crippen molar-refractivity contribution >= 4 is 12.0 Å². The lowest BCUT2D eigenvalue weighted by molar-refractivity contribution is -0.113. The number of nitrogens with zero attached hydrogens (tertiary/aromatic N) is 1. The highest BCUT2D eigenvalue weighted by atomic mass is 16.3. The summed E-state index contributed by atoms with van der Waals surface area (Å²) in [7, 11) is 0. The quantitative estimate of drug-likeness (QED) is 0.465. The minimum atomic E-state index is -0.134. The number of allylic oxidation sites excluding steroid dienone is 2. The van der Waals surface area contributed by atoms with Crippen LogP contribution in [0.2, 0.25) is 0 Å². The van der Waals surface area contributed by atoms with Gasteiger partial charge in [0.05, 0.1) is 11.6 Å². The molecule has 0 aromatic carbocycles. The van der Waals surface area contributed by atoms with Gasteiger partial charge < -0.3 is 5.11 Å². The number of aliphatic imine (C=N–C) groups is 1. The van der Waals surface area contributed by atoms with E-state index in [9.17, 15) is 9.90 Å². The van der Waals surface area contributed by atoms with Crippen LogP contribution in [0.25, 0.3) is 0 Å². The molecule has 96 valence electrons. The van der Waals surface area contributed by atoms with E-state index in [1.54, 1.807) is 6.21 Å². The van der Waals surface area contributed by atoms with Gasteiger partial charge in [0.2, 0.25) is 0 Å². The predicted octanol–water partition coefficient (Wildman–Crippen LogP) is 3.30. The van der Waals surface area contributed by atoms with Crippen molar-refractivity contribution in [3.05, 3.63) is 11.3 Å². The molecule has 0 heterocycles. The molecule has 0 aromatic rings. The normalized spacial score (nSPS) is 31.4. The zero-order valence-corrected chi connectivity index (χ0v) is 11.2. The van der Waals surface area contributed by atoms with Crippen LogP contribution >= 0.6 is 0 Å². The summed E-state index contributed by atoms with van der Waals surface area (Å²) in [5.74, 6) is 1.03. The Morgan fingerprint density at radius 3 is 2.18 bits per heavy atom. The molecule has 0 aliphatic heterocycles. The largest absolute Gasteiger partial charge is 0.512 e. The molecule has 0 aromatic heterocycles. The Labute approximate surface area is 104 Å². The molecular formula is C14H23NO2. The van der Waals surface area contributed by atoms with Crippen LogP contribution in [0.4, 0.5) is 0 Å². The highest BCUT2D eigenvalue weighted by Crippen LogP contribution is 2.31. The summed E-state index contributed by atoms with van der Waals surface area (Å²) in [4.78, 5) is 15.8. The fraction of sp³-hybridized carbons (Fsp3) is 0.714. The summed E-state index contributed by atoms with van der Waals surface area (Å²) in [6, 6.07) is 0.275. The van der Waals surface area contributed by atoms with Gasteiger partial charge in [0.15, 0.2) is 5.78 Å². The standard InChI is InChI=1S/C14H23NO2/c1-9-6-5-7-10(2)14(9)15-8-13(11(3)16)12(4)17/h8-10,14,16H,5-7H2,1-4H3/b13-11+,15-8?. The van der Waals surface area contributed by atoms with E-state index >= 15 is 0 Å². The molecule has 0 spiro atoms. The Balaban J connectivity index is 2.81. The molecule has 0 bridgehead atoms. The van der Waals surface area contributed by atoms with E-state index in [0.717, 1.165) is 0 Å². The first kappa shape index (κ1) is 13.9. The van der Waals surface area contributed by atoms with E-state index in [2.05, 4.69) is 18.8 Å². The third-order valence-corrected chi connectivity index (χ3v) is 3.63. The molecule has 17 heavy (non-hydrogen) atoms. The van der Waals surface area contributed by atoms with Crippen LogP contribution in [0.3, 0.4) is 0 Å². The highest BCUT2D eigenvalue weighted by molar-refractivity contribution is 6.12. The maximum absolute atomic E-state index is 11.3. The molecule has 1 rings (SSSR count). The van der Waals surface area contributed by atoms with Crippen molar-refractivity contribution in [1.29, 1.82) is 0 Å². The Kier molecular flexibility index (Phi) is 4.91. The van der Waals surface area contributed by atoms with Gasteiger partial charge in [-0.25, -0.2) is 0 Å². The average Bonchev–Trinajstić information content (AvgIpc) is 2.21. The molecule has 1 aliphatic rings. The summed E-state index contributed by atoms with van der Waals surface area (Å²) < 4.78 is 0. The maximum Gasteiger partial charge on any atom is 0.164 e. The van der Waals surface area contributed by atoms with Crippen molar-refractivity contribution in [2.24, 2.45) is 16.8 Å². The number of aliphatic hydroxyl groups excluding tert-OH is 1. The molecule has 3 heteroatoms. The van der Waals surface area contributed by atoms with Crippen molar-refractivity contribution in [2.45, 2.75) is 53.0 Å². The van der Waals surface area contributed by atoms with E-state index in [0.29, 0.717) is 17.4 Å². The lowest BCUT2D eigenvalue weighted by Crippen LogP contribution is -2.28. The van der Waals surface area contributed by atoms with Crippen molar-refractivity contribution in [3.8, 4) is 0 Å². The summed E-state index contributed by atoms with van der Waals surface area (Å²) in [6.45, 7) is 7.40. The Morgan fingerprint density at radius 1 is 1.24 bits per heavy atom. The minimum absolute atomic E-state index is 0.0531. The molecule has 1 aliphatic carbocycles. The van der Waals surface area contributed by atoms with Gasteiger partial charge in [-0.2, -0.15) is 0 Å². The summed E-state index contributed by atoms with van der Waals surface area (Å²) >= 11 is 0. The summed E-state index contributed by atoms with van der Waals surface area (Å²) in [6.07, 6.45) is 5.22. The van der Waals surface area contributed by atoms with Crippen LogP contribution in [0.15, 0.2) is 16.3 Å². The molecule has 0 amide bonds. The van der Waals surface area contributed by atoms with Crippen molar-refractivity contribution in [2.75, 3.05) is 0 Å². The first-order valence-corrected chi connectivity index (χ1v) is 6.37. The molecule has 0 saturated heterocycles. The van der Waals surface area contributed by atoms with Gasteiger partial charge in [-0.05, 0) is 38.5 Å². The number of carbonyl (C=O) groups excluding carboxylic acids is 1. The number of hydrogen-bond donors (Lipinski definition) is 1. The van der Waals surface area contributed by atoms with E-state index in [-0.39, 0.29) is 17.6 Å². The second-order valence-electron chi connectivity index (χ2n) is 5.21. The van der Waals surface area contributed by atoms with Crippen molar-refractivity contribution < 1.29 is 9.90 Å². The molecule has 2 atom stereocenters. The number of hydrogen-bond acceptors (Lipinski definition) is 3. The number of rotatable bonds is 3. The fourth-order valence-electron chi connectivity index (χ4n) is 2.56. The molecule has 2 unspecified atom stereocenters. The Bertz CT molecular complexity index is 330. The maximum atomic E-state index is 11.3. The average molecular weight is 237 g/mol. The van der Waals surface area contributed by atoms with Gasteiger partial charge in [-0.15, -0.1) is 0 Å². The first-order chi connectivity index (χ1) is 7.93. The Morgan fingerprint density at radius 2 is 1.76 bits per heavy atom. The number of carbonyl (C=O) groups is 1. The number of Topliss-reactive ketones (excluding diaryl/α,β-unsaturated/α-hetero) is 1.